The molecule has 0 radical (unpaired) electrons. The Labute approximate surface area is 372 Å². The van der Waals surface area contributed by atoms with E-state index in [1.54, 1.807) is 0 Å². The van der Waals surface area contributed by atoms with Crippen molar-refractivity contribution in [3.8, 4) is 39.1 Å². The van der Waals surface area contributed by atoms with Gasteiger partial charge in [-0.2, -0.15) is 0 Å². The van der Waals surface area contributed by atoms with E-state index in [4.69, 9.17) is 4.42 Å². The molecule has 2 aromatic heterocycles. The van der Waals surface area contributed by atoms with Crippen molar-refractivity contribution in [1.29, 1.82) is 0 Å². The van der Waals surface area contributed by atoms with E-state index >= 15 is 0 Å². The number of allylic oxidation sites excluding steroid dienone is 2. The first-order valence-electron chi connectivity index (χ1n) is 22.6. The van der Waals surface area contributed by atoms with E-state index < -0.39 is 0 Å². The summed E-state index contributed by atoms with van der Waals surface area (Å²) < 4.78 is 8.82. The largest absolute Gasteiger partial charge is 0.455 e. The third kappa shape index (κ3) is 6.11. The molecule has 64 heavy (non-hydrogen) atoms. The molecule has 0 N–H and O–H groups in total. The fourth-order valence-corrected chi connectivity index (χ4v) is 10.9. The molecule has 0 saturated heterocycles. The predicted molar refractivity (Wildman–Crippen MR) is 267 cm³/mol. The first-order chi connectivity index (χ1) is 31.7. The molecule has 2 aliphatic rings. The summed E-state index contributed by atoms with van der Waals surface area (Å²) in [5.74, 6) is 2.14. The van der Waals surface area contributed by atoms with Crippen molar-refractivity contribution in [2.24, 2.45) is 11.8 Å². The van der Waals surface area contributed by atoms with Gasteiger partial charge in [-0.3, -0.25) is 0 Å². The first-order valence-corrected chi connectivity index (χ1v) is 22.6. The molecule has 0 aliphatic heterocycles. The van der Waals surface area contributed by atoms with Gasteiger partial charge in [0.1, 0.15) is 11.2 Å². The number of para-hydroxylation sites is 4. The molecule has 2 aliphatic carbocycles. The van der Waals surface area contributed by atoms with E-state index in [0.717, 1.165) is 56.0 Å². The molecule has 2 bridgehead atoms. The van der Waals surface area contributed by atoms with Gasteiger partial charge in [0.2, 0.25) is 0 Å². The minimum atomic E-state index is 0.661. The van der Waals surface area contributed by atoms with Crippen molar-refractivity contribution in [2.75, 3.05) is 4.90 Å². The summed E-state index contributed by atoms with van der Waals surface area (Å²) >= 11 is 0. The number of hydrogen-bond acceptors (Lipinski definition) is 2. The van der Waals surface area contributed by atoms with Crippen molar-refractivity contribution in [1.82, 2.24) is 4.57 Å². The number of furan rings is 1. The smallest absolute Gasteiger partial charge is 0.143 e. The van der Waals surface area contributed by atoms with Gasteiger partial charge in [0, 0.05) is 49.9 Å². The van der Waals surface area contributed by atoms with Gasteiger partial charge in [-0.15, -0.1) is 0 Å². The van der Waals surface area contributed by atoms with Crippen LogP contribution in [-0.4, -0.2) is 4.57 Å². The summed E-state index contributed by atoms with van der Waals surface area (Å²) in [6.45, 7) is 0. The molecule has 0 spiro atoms. The third-order valence-electron chi connectivity index (χ3n) is 14.1. The van der Waals surface area contributed by atoms with Gasteiger partial charge in [0.25, 0.3) is 0 Å². The molecule has 0 amide bonds. The SMILES string of the molecule is C1=CC2CC1CC2c1ccc(-c2ccc(N(c3ccc(-c4ccc5c(c4)c4ccccc4n5-c4ccccc4)cc3)c3ccc(-c4cccc5c4oc4ccccc45)cc3)cc2)cc1. The van der Waals surface area contributed by atoms with Gasteiger partial charge in [-0.25, -0.2) is 0 Å². The van der Waals surface area contributed by atoms with Crippen LogP contribution >= 0.6 is 0 Å². The summed E-state index contributed by atoms with van der Waals surface area (Å²) in [5, 5.41) is 4.78. The predicted octanol–water partition coefficient (Wildman–Crippen LogP) is 16.8. The lowest BCUT2D eigenvalue weighted by Gasteiger charge is -2.26. The van der Waals surface area contributed by atoms with Crippen LogP contribution in [0.15, 0.2) is 229 Å². The highest BCUT2D eigenvalue weighted by atomic mass is 16.3. The minimum Gasteiger partial charge on any atom is -0.455 e. The number of benzene rings is 9. The van der Waals surface area contributed by atoms with Crippen molar-refractivity contribution in [3.63, 3.8) is 0 Å². The number of anilines is 3. The maximum absolute atomic E-state index is 6.45. The van der Waals surface area contributed by atoms with Gasteiger partial charge in [0.15, 0.2) is 0 Å². The molecule has 1 saturated carbocycles. The van der Waals surface area contributed by atoms with E-state index in [9.17, 15) is 0 Å². The molecule has 304 valence electrons. The Hall–Kier alpha value is -7.88. The van der Waals surface area contributed by atoms with Crippen molar-refractivity contribution in [2.45, 2.75) is 18.8 Å². The first kappa shape index (κ1) is 36.7. The van der Waals surface area contributed by atoms with Gasteiger partial charge in [-0.1, -0.05) is 152 Å². The van der Waals surface area contributed by atoms with Crippen molar-refractivity contribution in [3.05, 3.63) is 230 Å². The topological polar surface area (TPSA) is 21.3 Å². The second-order valence-electron chi connectivity index (χ2n) is 17.7. The molecule has 13 rings (SSSR count). The Morgan fingerprint density at radius 3 is 1.69 bits per heavy atom. The molecule has 9 aromatic carbocycles. The van der Waals surface area contributed by atoms with E-state index in [0.29, 0.717) is 11.8 Å². The van der Waals surface area contributed by atoms with Crippen LogP contribution < -0.4 is 4.90 Å². The van der Waals surface area contributed by atoms with Crippen LogP contribution in [0.4, 0.5) is 17.1 Å². The van der Waals surface area contributed by atoms with Crippen LogP contribution in [-0.2, 0) is 0 Å². The zero-order valence-corrected chi connectivity index (χ0v) is 35.3. The van der Waals surface area contributed by atoms with E-state index in [1.165, 1.54) is 68.2 Å². The van der Waals surface area contributed by atoms with Crippen LogP contribution in [0.1, 0.15) is 24.3 Å². The highest BCUT2D eigenvalue weighted by Crippen LogP contribution is 2.49. The highest BCUT2D eigenvalue weighted by Gasteiger charge is 2.36. The molecule has 11 aromatic rings. The normalized spacial score (nSPS) is 16.7. The summed E-state index contributed by atoms with van der Waals surface area (Å²) in [4.78, 5) is 2.36. The van der Waals surface area contributed by atoms with Crippen molar-refractivity contribution >= 4 is 60.8 Å². The van der Waals surface area contributed by atoms with Crippen LogP contribution in [0.5, 0.6) is 0 Å². The van der Waals surface area contributed by atoms with Gasteiger partial charge in [-0.05, 0) is 137 Å². The van der Waals surface area contributed by atoms with E-state index in [1.807, 2.05) is 12.1 Å². The fraction of sp³-hybridized carbons (Fsp3) is 0.0820. The standard InChI is InChI=1S/C61H44N2O/c1-2-9-48(10-3-1)63-58-15-6-4-11-53(58)57-39-46(29-36-59(57)63)43-25-32-50(33-26-43)62(49-30-23-42(24-31-49)41-19-21-45(22-20-41)56-38-40-17-18-47(56)37-40)51-34-27-44(28-35-51)52-13-8-14-55-54-12-5-7-16-60(54)64-61(52)55/h1-36,39-40,47,56H,37-38H2. The summed E-state index contributed by atoms with van der Waals surface area (Å²) in [6, 6.07) is 77.4. The van der Waals surface area contributed by atoms with Gasteiger partial charge in [0.05, 0.1) is 11.0 Å². The molecule has 3 nitrogen and oxygen atoms in total. The molecule has 2 heterocycles. The van der Waals surface area contributed by atoms with Gasteiger partial charge < -0.3 is 13.9 Å². The maximum atomic E-state index is 6.45. The van der Waals surface area contributed by atoms with Gasteiger partial charge >= 0.3 is 0 Å². The Bertz CT molecular complexity index is 3540. The lowest BCUT2D eigenvalue weighted by atomic mass is 9.86. The number of nitrogens with zero attached hydrogens (tertiary/aromatic N) is 2. The average molecular weight is 821 g/mol. The Balaban J connectivity index is 0.861. The second kappa shape index (κ2) is 14.9. The summed E-state index contributed by atoms with van der Waals surface area (Å²) in [5.41, 5.74) is 17.2. The molecular weight excluding hydrogens is 777 g/mol. The van der Waals surface area contributed by atoms with Crippen LogP contribution in [0.3, 0.4) is 0 Å². The van der Waals surface area contributed by atoms with Crippen molar-refractivity contribution < 1.29 is 4.42 Å². The quantitative estimate of drug-likeness (QED) is 0.142. The number of hydrogen-bond donors (Lipinski definition) is 0. The van der Waals surface area contributed by atoms with Crippen LogP contribution in [0.25, 0.3) is 82.8 Å². The summed E-state index contributed by atoms with van der Waals surface area (Å²) in [7, 11) is 0. The molecule has 3 atom stereocenters. The Morgan fingerprint density at radius 1 is 0.422 bits per heavy atom. The van der Waals surface area contributed by atoms with E-state index in [2.05, 4.69) is 222 Å². The third-order valence-corrected chi connectivity index (χ3v) is 14.1. The zero-order chi connectivity index (χ0) is 42.1. The molecule has 3 heteroatoms. The number of aromatic nitrogens is 1. The second-order valence-corrected chi connectivity index (χ2v) is 17.7. The lowest BCUT2D eigenvalue weighted by molar-refractivity contribution is 0.586. The minimum absolute atomic E-state index is 0.661. The fourth-order valence-electron chi connectivity index (χ4n) is 10.9. The van der Waals surface area contributed by atoms with Crippen LogP contribution in [0.2, 0.25) is 0 Å². The van der Waals surface area contributed by atoms with Crippen LogP contribution in [0, 0.1) is 11.8 Å². The van der Waals surface area contributed by atoms with E-state index in [-0.39, 0.29) is 0 Å². The monoisotopic (exact) mass is 820 g/mol. The Morgan fingerprint density at radius 2 is 1.00 bits per heavy atom. The average Bonchev–Trinajstić information content (AvgIpc) is 4.17. The lowest BCUT2D eigenvalue weighted by Crippen LogP contribution is -2.09. The summed E-state index contributed by atoms with van der Waals surface area (Å²) in [6.07, 6.45) is 7.49. The Kier molecular flexibility index (Phi) is 8.55. The highest BCUT2D eigenvalue weighted by molar-refractivity contribution is 6.11. The molecule has 1 fully saturated rings. The maximum Gasteiger partial charge on any atom is 0.143 e. The number of fused-ring (bicyclic) bond motifs is 8. The zero-order valence-electron chi connectivity index (χ0n) is 35.3. The number of rotatable bonds is 8. The molecule has 3 unspecified atom stereocenters. The molecular formula is C61H44N2O.